The van der Waals surface area contributed by atoms with E-state index in [1.165, 1.54) is 19.3 Å². The van der Waals surface area contributed by atoms with Crippen molar-refractivity contribution in [1.82, 2.24) is 9.97 Å². The fourth-order valence-electron chi connectivity index (χ4n) is 0.711. The van der Waals surface area contributed by atoms with E-state index in [4.69, 9.17) is 10.8 Å². The maximum Gasteiger partial charge on any atom is 0.410 e. The largest absolute Gasteiger partial charge is 0.410 e. The first-order chi connectivity index (χ1) is 6.09. The zero-order valence-corrected chi connectivity index (χ0v) is 6.97. The number of hydrogen-bond acceptors (Lipinski definition) is 5. The van der Waals surface area contributed by atoms with Gasteiger partial charge in [-0.2, -0.15) is 0 Å². The number of nitrogens with zero attached hydrogens (tertiary/aromatic N) is 2. The molecule has 1 heterocycles. The van der Waals surface area contributed by atoms with Gasteiger partial charge in [-0.1, -0.05) is 0 Å². The Morgan fingerprint density at radius 2 is 2.15 bits per heavy atom. The number of nitrogens with two attached hydrogens (primary N) is 1. The first-order valence-electron chi connectivity index (χ1n) is 3.57. The van der Waals surface area contributed by atoms with Crippen LogP contribution in [0.15, 0.2) is 12.4 Å². The SMILES string of the molecule is C[C@H](O)c1ncc(OC(N)=O)cn1. The Hall–Kier alpha value is -1.69. The highest BCUT2D eigenvalue weighted by Gasteiger charge is 2.05. The van der Waals surface area contributed by atoms with Crippen LogP contribution in [0.25, 0.3) is 0 Å². The van der Waals surface area contributed by atoms with Gasteiger partial charge in [0.1, 0.15) is 6.10 Å². The molecule has 1 aromatic heterocycles. The lowest BCUT2D eigenvalue weighted by Gasteiger charge is -2.03. The Labute approximate surface area is 74.4 Å². The maximum absolute atomic E-state index is 10.3. The molecule has 0 bridgehead atoms. The number of rotatable bonds is 2. The van der Waals surface area contributed by atoms with Crippen molar-refractivity contribution < 1.29 is 14.6 Å². The highest BCUT2D eigenvalue weighted by atomic mass is 16.5. The number of aromatic nitrogens is 2. The monoisotopic (exact) mass is 183 g/mol. The molecule has 0 saturated heterocycles. The first kappa shape index (κ1) is 9.40. The topological polar surface area (TPSA) is 98.3 Å². The Morgan fingerprint density at radius 3 is 2.54 bits per heavy atom. The first-order valence-corrected chi connectivity index (χ1v) is 3.57. The second-order valence-corrected chi connectivity index (χ2v) is 2.37. The lowest BCUT2D eigenvalue weighted by atomic mass is 10.4. The molecule has 6 heteroatoms. The van der Waals surface area contributed by atoms with Crippen LogP contribution in [0.2, 0.25) is 0 Å². The molecule has 3 N–H and O–H groups in total. The fraction of sp³-hybridized carbons (Fsp3) is 0.286. The van der Waals surface area contributed by atoms with Crippen molar-refractivity contribution in [3.63, 3.8) is 0 Å². The lowest BCUT2D eigenvalue weighted by molar-refractivity contribution is 0.188. The zero-order valence-electron chi connectivity index (χ0n) is 6.97. The number of amides is 1. The van der Waals surface area contributed by atoms with E-state index >= 15 is 0 Å². The third-order valence-corrected chi connectivity index (χ3v) is 1.24. The summed E-state index contributed by atoms with van der Waals surface area (Å²) in [6, 6.07) is 0. The Morgan fingerprint density at radius 1 is 1.62 bits per heavy atom. The van der Waals surface area contributed by atoms with E-state index in [2.05, 4.69) is 14.7 Å². The second kappa shape index (κ2) is 3.81. The number of primary amides is 1. The van der Waals surface area contributed by atoms with Crippen LogP contribution in [-0.2, 0) is 0 Å². The summed E-state index contributed by atoms with van der Waals surface area (Å²) in [5.74, 6) is 0.411. The van der Waals surface area contributed by atoms with E-state index in [9.17, 15) is 4.79 Å². The quantitative estimate of drug-likeness (QED) is 0.671. The Balaban J connectivity index is 2.75. The molecule has 0 spiro atoms. The van der Waals surface area contributed by atoms with Gasteiger partial charge in [-0.25, -0.2) is 14.8 Å². The highest BCUT2D eigenvalue weighted by Crippen LogP contribution is 2.10. The number of carbonyl (C=O) groups is 1. The summed E-state index contributed by atoms with van der Waals surface area (Å²) in [7, 11) is 0. The molecular weight excluding hydrogens is 174 g/mol. The summed E-state index contributed by atoms with van der Waals surface area (Å²) in [4.78, 5) is 17.8. The molecule has 1 amide bonds. The van der Waals surface area contributed by atoms with Crippen molar-refractivity contribution in [1.29, 1.82) is 0 Å². The van der Waals surface area contributed by atoms with E-state index in [1.807, 2.05) is 0 Å². The maximum atomic E-state index is 10.3. The van der Waals surface area contributed by atoms with Crippen molar-refractivity contribution in [3.05, 3.63) is 18.2 Å². The molecule has 0 aliphatic heterocycles. The lowest BCUT2D eigenvalue weighted by Crippen LogP contribution is -2.16. The van der Waals surface area contributed by atoms with Gasteiger partial charge in [0.15, 0.2) is 11.6 Å². The summed E-state index contributed by atoms with van der Waals surface area (Å²) in [6.07, 6.45) is 0.857. The minimum absolute atomic E-state index is 0.150. The van der Waals surface area contributed by atoms with E-state index in [0.717, 1.165) is 0 Å². The van der Waals surface area contributed by atoms with Crippen LogP contribution in [-0.4, -0.2) is 21.2 Å². The molecule has 0 radical (unpaired) electrons. The van der Waals surface area contributed by atoms with Crippen LogP contribution in [0.4, 0.5) is 4.79 Å². The van der Waals surface area contributed by atoms with Gasteiger partial charge in [0.2, 0.25) is 0 Å². The predicted molar refractivity (Wildman–Crippen MR) is 42.9 cm³/mol. The number of ether oxygens (including phenoxy) is 1. The molecule has 1 atom stereocenters. The van der Waals surface area contributed by atoms with E-state index < -0.39 is 12.2 Å². The summed E-state index contributed by atoms with van der Waals surface area (Å²) >= 11 is 0. The smallest absolute Gasteiger partial charge is 0.407 e. The average Bonchev–Trinajstić information content (AvgIpc) is 2.04. The van der Waals surface area contributed by atoms with Gasteiger partial charge in [-0.15, -0.1) is 0 Å². The van der Waals surface area contributed by atoms with Crippen LogP contribution in [0.5, 0.6) is 5.75 Å². The van der Waals surface area contributed by atoms with E-state index in [0.29, 0.717) is 0 Å². The van der Waals surface area contributed by atoms with Crippen molar-refractivity contribution >= 4 is 6.09 Å². The van der Waals surface area contributed by atoms with Gasteiger partial charge >= 0.3 is 6.09 Å². The molecule has 6 nitrogen and oxygen atoms in total. The van der Waals surface area contributed by atoms with Gasteiger partial charge in [-0.3, -0.25) is 0 Å². The molecule has 0 aromatic carbocycles. The number of aliphatic hydroxyl groups excluding tert-OH is 1. The minimum atomic E-state index is -0.923. The van der Waals surface area contributed by atoms with Gasteiger partial charge in [0, 0.05) is 0 Å². The molecule has 0 saturated carbocycles. The minimum Gasteiger partial charge on any atom is -0.407 e. The average molecular weight is 183 g/mol. The van der Waals surface area contributed by atoms with Crippen LogP contribution >= 0.6 is 0 Å². The molecule has 0 aliphatic carbocycles. The van der Waals surface area contributed by atoms with E-state index in [-0.39, 0.29) is 11.6 Å². The van der Waals surface area contributed by atoms with Gasteiger partial charge in [-0.05, 0) is 6.92 Å². The number of aliphatic hydroxyl groups is 1. The van der Waals surface area contributed by atoms with Crippen molar-refractivity contribution in [3.8, 4) is 5.75 Å². The molecule has 13 heavy (non-hydrogen) atoms. The van der Waals surface area contributed by atoms with Crippen LogP contribution < -0.4 is 10.5 Å². The Bertz CT molecular complexity index is 296. The van der Waals surface area contributed by atoms with E-state index in [1.54, 1.807) is 0 Å². The molecule has 1 aromatic rings. The van der Waals surface area contributed by atoms with Gasteiger partial charge in [0.05, 0.1) is 12.4 Å². The predicted octanol–water partition coefficient (Wildman–Crippen LogP) is -0.0126. The second-order valence-electron chi connectivity index (χ2n) is 2.37. The van der Waals surface area contributed by atoms with Gasteiger partial charge in [0.25, 0.3) is 0 Å². The standard InChI is InChI=1S/C7H9N3O3/c1-4(11)6-9-2-5(3-10-6)13-7(8)12/h2-4,11H,1H3,(H2,8,12)/t4-/m0/s1. The number of carbonyl (C=O) groups excluding carboxylic acids is 1. The molecule has 0 fully saturated rings. The fourth-order valence-corrected chi connectivity index (χ4v) is 0.711. The molecular formula is C7H9N3O3. The van der Waals surface area contributed by atoms with Gasteiger partial charge < -0.3 is 15.6 Å². The normalized spacial score (nSPS) is 12.2. The number of hydrogen-bond donors (Lipinski definition) is 2. The summed E-state index contributed by atoms with van der Waals surface area (Å²) < 4.78 is 4.48. The van der Waals surface area contributed by atoms with Crippen LogP contribution in [0.3, 0.4) is 0 Å². The van der Waals surface area contributed by atoms with Crippen LogP contribution in [0, 0.1) is 0 Å². The third kappa shape index (κ3) is 2.68. The van der Waals surface area contributed by atoms with Crippen LogP contribution in [0.1, 0.15) is 18.9 Å². The van der Waals surface area contributed by atoms with Crippen molar-refractivity contribution in [2.24, 2.45) is 5.73 Å². The third-order valence-electron chi connectivity index (χ3n) is 1.24. The molecule has 0 aliphatic rings. The molecule has 1 rings (SSSR count). The Kier molecular flexibility index (Phi) is 2.76. The summed E-state index contributed by atoms with van der Waals surface area (Å²) in [6.45, 7) is 1.53. The summed E-state index contributed by atoms with van der Waals surface area (Å²) in [5, 5.41) is 9.04. The summed E-state index contributed by atoms with van der Waals surface area (Å²) in [5.41, 5.74) is 4.76. The molecule has 0 unspecified atom stereocenters. The van der Waals surface area contributed by atoms with Crippen molar-refractivity contribution in [2.45, 2.75) is 13.0 Å². The highest BCUT2D eigenvalue weighted by molar-refractivity contribution is 5.67. The van der Waals surface area contributed by atoms with Crippen molar-refractivity contribution in [2.75, 3.05) is 0 Å². The molecule has 70 valence electrons. The zero-order chi connectivity index (χ0) is 9.84.